The minimum atomic E-state index is -0.290. The van der Waals surface area contributed by atoms with Gasteiger partial charge in [0.15, 0.2) is 0 Å². The second kappa shape index (κ2) is 3.42. The smallest absolute Gasteiger partial charge is 0.237 e. The van der Waals surface area contributed by atoms with Gasteiger partial charge in [0, 0.05) is 5.56 Å². The lowest BCUT2D eigenvalue weighted by Crippen LogP contribution is -1.82. The van der Waals surface area contributed by atoms with E-state index in [2.05, 4.69) is 21.1 Å². The summed E-state index contributed by atoms with van der Waals surface area (Å²) in [6, 6.07) is 5.92. The maximum atomic E-state index is 12.6. The summed E-state index contributed by atoms with van der Waals surface area (Å²) in [4.78, 5) is 0. The third-order valence-electron chi connectivity index (χ3n) is 1.78. The second-order valence-corrected chi connectivity index (χ2v) is 3.51. The number of benzene rings is 1. The van der Waals surface area contributed by atoms with Crippen molar-refractivity contribution >= 4 is 21.8 Å². The molecule has 0 fully saturated rings. The molecule has 0 unspecified atom stereocenters. The molecule has 3 nitrogen and oxygen atoms in total. The quantitative estimate of drug-likeness (QED) is 0.854. The molecule has 0 bridgehead atoms. The maximum absolute atomic E-state index is 12.6. The molecule has 0 saturated heterocycles. The highest BCUT2D eigenvalue weighted by atomic mass is 79.9. The van der Waals surface area contributed by atoms with Crippen LogP contribution in [0.15, 0.2) is 33.3 Å². The molecule has 0 amide bonds. The normalized spacial score (nSPS) is 10.4. The van der Waals surface area contributed by atoms with Crippen molar-refractivity contribution in [3.8, 4) is 11.3 Å². The monoisotopic (exact) mass is 256 g/mol. The van der Waals surface area contributed by atoms with Gasteiger partial charge in [0.25, 0.3) is 0 Å². The van der Waals surface area contributed by atoms with E-state index < -0.39 is 0 Å². The molecule has 0 atom stereocenters. The van der Waals surface area contributed by atoms with E-state index in [1.807, 2.05) is 0 Å². The Morgan fingerprint density at radius 3 is 2.43 bits per heavy atom. The third-order valence-corrected chi connectivity index (χ3v) is 2.54. The molecule has 0 aliphatic rings. The van der Waals surface area contributed by atoms with Gasteiger partial charge in [0.1, 0.15) is 16.0 Å². The van der Waals surface area contributed by atoms with Crippen LogP contribution in [0.1, 0.15) is 0 Å². The topological polar surface area (TPSA) is 52.0 Å². The van der Waals surface area contributed by atoms with Crippen molar-refractivity contribution in [2.75, 3.05) is 5.73 Å². The van der Waals surface area contributed by atoms with Crippen molar-refractivity contribution in [3.05, 3.63) is 34.6 Å². The van der Waals surface area contributed by atoms with Gasteiger partial charge in [-0.1, -0.05) is 5.16 Å². The summed E-state index contributed by atoms with van der Waals surface area (Å²) < 4.78 is 18.0. The van der Waals surface area contributed by atoms with Gasteiger partial charge in [-0.2, -0.15) is 0 Å². The number of rotatable bonds is 1. The number of anilines is 1. The SMILES string of the molecule is Nc1onc(-c2ccc(F)cc2)c1Br. The first kappa shape index (κ1) is 9.21. The average molecular weight is 257 g/mol. The molecule has 2 aromatic rings. The summed E-state index contributed by atoms with van der Waals surface area (Å²) in [5.74, 6) is -0.0781. The van der Waals surface area contributed by atoms with Gasteiger partial charge < -0.3 is 10.3 Å². The molecule has 1 heterocycles. The molecule has 0 radical (unpaired) electrons. The summed E-state index contributed by atoms with van der Waals surface area (Å²) in [5, 5.41) is 3.75. The minimum Gasteiger partial charge on any atom is -0.367 e. The zero-order valence-electron chi connectivity index (χ0n) is 7.00. The number of nitrogen functional groups attached to an aromatic ring is 1. The Balaban J connectivity index is 2.49. The number of nitrogens with two attached hydrogens (primary N) is 1. The molecule has 2 rings (SSSR count). The van der Waals surface area contributed by atoms with Crippen LogP contribution in [-0.4, -0.2) is 5.16 Å². The number of hydrogen-bond donors (Lipinski definition) is 1. The lowest BCUT2D eigenvalue weighted by Gasteiger charge is -1.95. The van der Waals surface area contributed by atoms with Crippen LogP contribution in [0.2, 0.25) is 0 Å². The summed E-state index contributed by atoms with van der Waals surface area (Å²) in [7, 11) is 0. The third kappa shape index (κ3) is 1.50. The van der Waals surface area contributed by atoms with Gasteiger partial charge in [-0.05, 0) is 40.2 Å². The van der Waals surface area contributed by atoms with Crippen LogP contribution in [0, 0.1) is 5.82 Å². The summed E-state index contributed by atoms with van der Waals surface area (Å²) >= 11 is 3.23. The molecule has 14 heavy (non-hydrogen) atoms. The Morgan fingerprint density at radius 2 is 1.93 bits per heavy atom. The van der Waals surface area contributed by atoms with E-state index in [0.29, 0.717) is 10.2 Å². The second-order valence-electron chi connectivity index (χ2n) is 2.72. The van der Waals surface area contributed by atoms with Gasteiger partial charge in [-0.3, -0.25) is 0 Å². The number of nitrogens with zero attached hydrogens (tertiary/aromatic N) is 1. The van der Waals surface area contributed by atoms with Gasteiger partial charge >= 0.3 is 0 Å². The van der Waals surface area contributed by atoms with E-state index in [4.69, 9.17) is 10.3 Å². The fourth-order valence-electron chi connectivity index (χ4n) is 1.08. The maximum Gasteiger partial charge on any atom is 0.237 e. The van der Waals surface area contributed by atoms with Crippen LogP contribution in [0.3, 0.4) is 0 Å². The van der Waals surface area contributed by atoms with Gasteiger partial charge in [0.05, 0.1) is 0 Å². The van der Waals surface area contributed by atoms with Crippen LogP contribution in [0.4, 0.5) is 10.3 Å². The molecule has 0 saturated carbocycles. The summed E-state index contributed by atoms with van der Waals surface area (Å²) in [6.07, 6.45) is 0. The van der Waals surface area contributed by atoms with Crippen LogP contribution in [0.25, 0.3) is 11.3 Å². The molecule has 1 aromatic carbocycles. The highest BCUT2D eigenvalue weighted by molar-refractivity contribution is 9.10. The Bertz CT molecular complexity index is 452. The minimum absolute atomic E-state index is 0.212. The lowest BCUT2D eigenvalue weighted by molar-refractivity contribution is 0.439. The van der Waals surface area contributed by atoms with Crippen LogP contribution in [0.5, 0.6) is 0 Å². The predicted molar refractivity (Wildman–Crippen MR) is 54.0 cm³/mol. The zero-order chi connectivity index (χ0) is 10.1. The van der Waals surface area contributed by atoms with Gasteiger partial charge in [-0.15, -0.1) is 0 Å². The Morgan fingerprint density at radius 1 is 1.29 bits per heavy atom. The van der Waals surface area contributed by atoms with E-state index in [-0.39, 0.29) is 11.7 Å². The molecular formula is C9H6BrFN2O. The summed E-state index contributed by atoms with van der Waals surface area (Å²) in [6.45, 7) is 0. The first-order chi connectivity index (χ1) is 6.68. The molecule has 72 valence electrons. The van der Waals surface area contributed by atoms with Crippen LogP contribution < -0.4 is 5.73 Å². The van der Waals surface area contributed by atoms with Crippen molar-refractivity contribution in [2.45, 2.75) is 0 Å². The number of aromatic nitrogens is 1. The molecule has 0 spiro atoms. The fourth-order valence-corrected chi connectivity index (χ4v) is 1.45. The predicted octanol–water partition coefficient (Wildman–Crippen LogP) is 2.83. The lowest BCUT2D eigenvalue weighted by atomic mass is 10.1. The molecule has 0 aliphatic heterocycles. The van der Waals surface area contributed by atoms with Gasteiger partial charge in [-0.25, -0.2) is 4.39 Å². The highest BCUT2D eigenvalue weighted by Crippen LogP contribution is 2.31. The first-order valence-electron chi connectivity index (χ1n) is 3.85. The van der Waals surface area contributed by atoms with Gasteiger partial charge in [0.2, 0.25) is 5.88 Å². The molecule has 0 aliphatic carbocycles. The van der Waals surface area contributed by atoms with Crippen molar-refractivity contribution in [1.82, 2.24) is 5.16 Å². The number of hydrogen-bond acceptors (Lipinski definition) is 3. The van der Waals surface area contributed by atoms with Crippen LogP contribution in [-0.2, 0) is 0 Å². The van der Waals surface area contributed by atoms with Crippen molar-refractivity contribution < 1.29 is 8.91 Å². The standard InChI is InChI=1S/C9H6BrFN2O/c10-7-8(13-14-9(7)12)5-1-3-6(11)4-2-5/h1-4H,12H2. The van der Waals surface area contributed by atoms with Crippen LogP contribution >= 0.6 is 15.9 Å². The summed E-state index contributed by atoms with van der Waals surface area (Å²) in [5.41, 5.74) is 6.78. The molecule has 1 aromatic heterocycles. The Kier molecular flexibility index (Phi) is 2.25. The number of halogens is 2. The Hall–Kier alpha value is -1.36. The average Bonchev–Trinajstić information content (AvgIpc) is 2.50. The van der Waals surface area contributed by atoms with E-state index in [0.717, 1.165) is 5.56 Å². The highest BCUT2D eigenvalue weighted by Gasteiger charge is 2.12. The Labute approximate surface area is 87.8 Å². The largest absolute Gasteiger partial charge is 0.367 e. The van der Waals surface area contributed by atoms with Crippen molar-refractivity contribution in [1.29, 1.82) is 0 Å². The zero-order valence-corrected chi connectivity index (χ0v) is 8.58. The van der Waals surface area contributed by atoms with Crippen molar-refractivity contribution in [2.24, 2.45) is 0 Å². The molecular weight excluding hydrogens is 251 g/mol. The van der Waals surface area contributed by atoms with E-state index in [1.165, 1.54) is 12.1 Å². The van der Waals surface area contributed by atoms with E-state index >= 15 is 0 Å². The first-order valence-corrected chi connectivity index (χ1v) is 4.64. The van der Waals surface area contributed by atoms with E-state index in [9.17, 15) is 4.39 Å². The van der Waals surface area contributed by atoms with E-state index in [1.54, 1.807) is 12.1 Å². The molecule has 2 N–H and O–H groups in total. The fraction of sp³-hybridized carbons (Fsp3) is 0. The van der Waals surface area contributed by atoms with Crippen molar-refractivity contribution in [3.63, 3.8) is 0 Å². The molecule has 5 heteroatoms.